The van der Waals surface area contributed by atoms with Gasteiger partial charge in [-0.25, -0.2) is 0 Å². The quantitative estimate of drug-likeness (QED) is 0.457. The lowest BCUT2D eigenvalue weighted by Gasteiger charge is -2.20. The van der Waals surface area contributed by atoms with E-state index in [1.807, 2.05) is 19.9 Å². The summed E-state index contributed by atoms with van der Waals surface area (Å²) >= 11 is 0. The van der Waals surface area contributed by atoms with Crippen LogP contribution in [0.25, 0.3) is 0 Å². The Kier molecular flexibility index (Phi) is 9.91. The van der Waals surface area contributed by atoms with Crippen molar-refractivity contribution in [3.05, 3.63) is 23.3 Å². The summed E-state index contributed by atoms with van der Waals surface area (Å²) < 4.78 is 26.1. The molecule has 0 saturated heterocycles. The summed E-state index contributed by atoms with van der Waals surface area (Å²) in [6.45, 7) is 5.05. The number of carbonyl (C=O) groups excluding carboxylic acids is 1. The van der Waals surface area contributed by atoms with Gasteiger partial charge in [-0.05, 0) is 30.5 Å². The molecule has 1 unspecified atom stereocenters. The molecule has 0 heterocycles. The lowest BCUT2D eigenvalue weighted by Crippen LogP contribution is -2.31. The predicted octanol–water partition coefficient (Wildman–Crippen LogP) is 2.08. The van der Waals surface area contributed by atoms with Gasteiger partial charge in [-0.3, -0.25) is 4.79 Å². The van der Waals surface area contributed by atoms with Crippen LogP contribution in [0.15, 0.2) is 12.1 Å². The summed E-state index contributed by atoms with van der Waals surface area (Å²) in [5.41, 5.74) is 1.81. The van der Waals surface area contributed by atoms with Crippen LogP contribution in [-0.2, 0) is 25.4 Å². The number of methoxy groups -OCH3 is 3. The SMILES string of the molecule is CCc1c(OCOC)cc(OCOC)cc1C(C)C(=O)NCCOC. The van der Waals surface area contributed by atoms with Crippen molar-refractivity contribution in [3.8, 4) is 11.5 Å². The van der Waals surface area contributed by atoms with Crippen LogP contribution in [-0.4, -0.2) is 54.0 Å². The maximum Gasteiger partial charge on any atom is 0.227 e. The Hall–Kier alpha value is -1.83. The average molecular weight is 355 g/mol. The van der Waals surface area contributed by atoms with E-state index in [0.717, 1.165) is 11.1 Å². The molecule has 1 rings (SSSR count). The first kappa shape index (κ1) is 21.2. The smallest absolute Gasteiger partial charge is 0.227 e. The van der Waals surface area contributed by atoms with E-state index >= 15 is 0 Å². The molecule has 1 atom stereocenters. The number of amides is 1. The molecule has 7 heteroatoms. The van der Waals surface area contributed by atoms with E-state index in [4.69, 9.17) is 23.7 Å². The van der Waals surface area contributed by atoms with Crippen LogP contribution >= 0.6 is 0 Å². The number of nitrogens with one attached hydrogen (secondary N) is 1. The predicted molar refractivity (Wildman–Crippen MR) is 94.1 cm³/mol. The van der Waals surface area contributed by atoms with Gasteiger partial charge in [0.15, 0.2) is 13.6 Å². The summed E-state index contributed by atoms with van der Waals surface area (Å²) in [6, 6.07) is 3.65. The third kappa shape index (κ3) is 6.53. The van der Waals surface area contributed by atoms with Crippen molar-refractivity contribution in [3.63, 3.8) is 0 Å². The molecule has 0 aliphatic carbocycles. The normalized spacial score (nSPS) is 11.9. The Morgan fingerprint density at radius 3 is 2.36 bits per heavy atom. The van der Waals surface area contributed by atoms with Crippen LogP contribution in [0.3, 0.4) is 0 Å². The molecule has 0 bridgehead atoms. The number of benzene rings is 1. The van der Waals surface area contributed by atoms with Crippen molar-refractivity contribution in [1.29, 1.82) is 0 Å². The van der Waals surface area contributed by atoms with E-state index in [2.05, 4.69) is 5.32 Å². The molecule has 1 amide bonds. The number of rotatable bonds is 12. The van der Waals surface area contributed by atoms with Gasteiger partial charge in [-0.2, -0.15) is 0 Å². The molecule has 1 aromatic rings. The molecule has 0 aliphatic heterocycles. The molecule has 7 nitrogen and oxygen atoms in total. The zero-order valence-electron chi connectivity index (χ0n) is 15.7. The van der Waals surface area contributed by atoms with E-state index < -0.39 is 0 Å². The third-order valence-electron chi connectivity index (χ3n) is 3.71. The molecular weight excluding hydrogens is 326 g/mol. The maximum atomic E-state index is 12.4. The molecule has 142 valence electrons. The van der Waals surface area contributed by atoms with Gasteiger partial charge in [0, 0.05) is 33.9 Å². The van der Waals surface area contributed by atoms with E-state index in [1.165, 1.54) is 0 Å². The van der Waals surface area contributed by atoms with Gasteiger partial charge in [0.05, 0.1) is 12.5 Å². The second-order valence-electron chi connectivity index (χ2n) is 5.45. The highest BCUT2D eigenvalue weighted by atomic mass is 16.7. The monoisotopic (exact) mass is 355 g/mol. The van der Waals surface area contributed by atoms with Crippen LogP contribution in [0.4, 0.5) is 0 Å². The second-order valence-corrected chi connectivity index (χ2v) is 5.45. The van der Waals surface area contributed by atoms with Gasteiger partial charge in [0.2, 0.25) is 5.91 Å². The van der Waals surface area contributed by atoms with Crippen LogP contribution in [0.1, 0.15) is 30.9 Å². The molecule has 0 spiro atoms. The first-order valence-electron chi connectivity index (χ1n) is 8.25. The zero-order valence-corrected chi connectivity index (χ0v) is 15.7. The minimum atomic E-state index is -0.359. The fourth-order valence-electron chi connectivity index (χ4n) is 2.44. The van der Waals surface area contributed by atoms with Crippen molar-refractivity contribution in [2.75, 3.05) is 48.1 Å². The van der Waals surface area contributed by atoms with Crippen LogP contribution < -0.4 is 14.8 Å². The van der Waals surface area contributed by atoms with E-state index in [-0.39, 0.29) is 25.4 Å². The first-order valence-corrected chi connectivity index (χ1v) is 8.25. The fourth-order valence-corrected chi connectivity index (χ4v) is 2.44. The van der Waals surface area contributed by atoms with E-state index in [9.17, 15) is 4.79 Å². The molecule has 0 saturated carbocycles. The molecule has 0 aromatic heterocycles. The number of ether oxygens (including phenoxy) is 5. The number of hydrogen-bond donors (Lipinski definition) is 1. The third-order valence-corrected chi connectivity index (χ3v) is 3.71. The summed E-state index contributed by atoms with van der Waals surface area (Å²) in [4.78, 5) is 12.4. The Balaban J connectivity index is 3.12. The molecule has 0 aliphatic rings. The highest BCUT2D eigenvalue weighted by molar-refractivity contribution is 5.84. The van der Waals surface area contributed by atoms with Gasteiger partial charge in [0.1, 0.15) is 11.5 Å². The van der Waals surface area contributed by atoms with Crippen molar-refractivity contribution in [2.45, 2.75) is 26.2 Å². The lowest BCUT2D eigenvalue weighted by atomic mass is 9.92. The molecule has 25 heavy (non-hydrogen) atoms. The van der Waals surface area contributed by atoms with Crippen LogP contribution in [0.2, 0.25) is 0 Å². The highest BCUT2D eigenvalue weighted by Gasteiger charge is 2.22. The Morgan fingerprint density at radius 2 is 1.76 bits per heavy atom. The number of carbonyl (C=O) groups is 1. The molecule has 1 aromatic carbocycles. The van der Waals surface area contributed by atoms with Crippen LogP contribution in [0, 0.1) is 0 Å². The number of hydrogen-bond acceptors (Lipinski definition) is 6. The summed E-state index contributed by atoms with van der Waals surface area (Å²) in [5, 5.41) is 2.86. The van der Waals surface area contributed by atoms with Crippen molar-refractivity contribution < 1.29 is 28.5 Å². The van der Waals surface area contributed by atoms with Crippen LogP contribution in [0.5, 0.6) is 11.5 Å². The fraction of sp³-hybridized carbons (Fsp3) is 0.611. The van der Waals surface area contributed by atoms with E-state index in [1.54, 1.807) is 27.4 Å². The topological polar surface area (TPSA) is 75.2 Å². The molecule has 0 fully saturated rings. The minimum Gasteiger partial charge on any atom is -0.467 e. The van der Waals surface area contributed by atoms with Crippen molar-refractivity contribution in [2.24, 2.45) is 0 Å². The first-order chi connectivity index (χ1) is 12.1. The zero-order chi connectivity index (χ0) is 18.7. The highest BCUT2D eigenvalue weighted by Crippen LogP contribution is 2.34. The summed E-state index contributed by atoms with van der Waals surface area (Å²) in [6.07, 6.45) is 0.717. The molecule has 1 N–H and O–H groups in total. The van der Waals surface area contributed by atoms with Gasteiger partial charge < -0.3 is 29.0 Å². The second kappa shape index (κ2) is 11.7. The van der Waals surface area contributed by atoms with Crippen molar-refractivity contribution in [1.82, 2.24) is 5.32 Å². The molecular formula is C18H29NO6. The summed E-state index contributed by atoms with van der Waals surface area (Å²) in [7, 11) is 4.71. The Morgan fingerprint density at radius 1 is 1.08 bits per heavy atom. The Bertz CT molecular complexity index is 535. The van der Waals surface area contributed by atoms with Gasteiger partial charge >= 0.3 is 0 Å². The van der Waals surface area contributed by atoms with Gasteiger partial charge in [0.25, 0.3) is 0 Å². The Labute approximate surface area is 149 Å². The van der Waals surface area contributed by atoms with Gasteiger partial charge in [-0.15, -0.1) is 0 Å². The maximum absolute atomic E-state index is 12.4. The average Bonchev–Trinajstić information content (AvgIpc) is 2.63. The standard InChI is InChI=1S/C18H29NO6/c1-6-15-16(13(2)18(20)19-7-8-21-3)9-14(24-11-22-4)10-17(15)25-12-23-5/h9-10,13H,6-8,11-12H2,1-5H3,(H,19,20). The van der Waals surface area contributed by atoms with Gasteiger partial charge in [-0.1, -0.05) is 6.92 Å². The van der Waals surface area contributed by atoms with Crippen molar-refractivity contribution >= 4 is 5.91 Å². The van der Waals surface area contributed by atoms with E-state index in [0.29, 0.717) is 31.1 Å². The minimum absolute atomic E-state index is 0.0756. The largest absolute Gasteiger partial charge is 0.467 e. The summed E-state index contributed by atoms with van der Waals surface area (Å²) in [5.74, 6) is 0.789. The lowest BCUT2D eigenvalue weighted by molar-refractivity contribution is -0.122. The molecule has 0 radical (unpaired) electrons.